The van der Waals surface area contributed by atoms with Gasteiger partial charge in [-0.2, -0.15) is 0 Å². The summed E-state index contributed by atoms with van der Waals surface area (Å²) in [5, 5.41) is 4.46. The Balaban J connectivity index is 1.03. The fourth-order valence-corrected chi connectivity index (χ4v) is 8.85. The van der Waals surface area contributed by atoms with Crippen LogP contribution in [0.1, 0.15) is 0 Å². The summed E-state index contributed by atoms with van der Waals surface area (Å²) in [7, 11) is 0. The minimum atomic E-state index is 0.567. The number of nitrogens with zero attached hydrogens (tertiary/aromatic N) is 4. The van der Waals surface area contributed by atoms with E-state index in [1.54, 1.807) is 0 Å². The molecule has 0 saturated heterocycles. The Morgan fingerprint density at radius 3 is 1.42 bits per heavy atom. The van der Waals surface area contributed by atoms with E-state index in [1.807, 2.05) is 18.2 Å². The van der Waals surface area contributed by atoms with Crippen LogP contribution in [-0.2, 0) is 0 Å². The number of rotatable bonds is 7. The first-order valence-electron chi connectivity index (χ1n) is 20.8. The number of hydrogen-bond donors (Lipinski definition) is 0. The van der Waals surface area contributed by atoms with Crippen LogP contribution in [0.3, 0.4) is 0 Å². The standard InChI is InChI=1S/C57H36N4O/c1-4-14-37(15-5-1)39-24-29-44(30-25-39)61-51-23-13-12-21-46(51)47-31-27-42(34-52(47)61)55-58-56(60-57(59-55)50-22-11-10-20-45(50)40-18-8-3-9-19-40)43-28-33-49-48-32-26-41(38-16-6-2-7-17-38)35-53(48)62-54(49)36-43/h1-36H. The van der Waals surface area contributed by atoms with Gasteiger partial charge in [0, 0.05) is 43.9 Å². The van der Waals surface area contributed by atoms with E-state index in [0.717, 1.165) is 83.0 Å². The fourth-order valence-electron chi connectivity index (χ4n) is 8.85. The maximum Gasteiger partial charge on any atom is 0.164 e. The van der Waals surface area contributed by atoms with Gasteiger partial charge in [-0.3, -0.25) is 0 Å². The van der Waals surface area contributed by atoms with Gasteiger partial charge in [-0.15, -0.1) is 0 Å². The van der Waals surface area contributed by atoms with Crippen LogP contribution in [0, 0.1) is 0 Å². The lowest BCUT2D eigenvalue weighted by Gasteiger charge is -2.13. The van der Waals surface area contributed by atoms with Crippen LogP contribution in [0.15, 0.2) is 223 Å². The molecule has 0 saturated carbocycles. The Labute approximate surface area is 357 Å². The summed E-state index contributed by atoms with van der Waals surface area (Å²) in [5.74, 6) is 1.75. The molecule has 0 N–H and O–H groups in total. The van der Waals surface area contributed by atoms with Gasteiger partial charge in [0.2, 0.25) is 0 Å². The molecule has 3 aromatic heterocycles. The third-order valence-corrected chi connectivity index (χ3v) is 11.9. The monoisotopic (exact) mass is 792 g/mol. The summed E-state index contributed by atoms with van der Waals surface area (Å²) >= 11 is 0. The normalized spacial score (nSPS) is 11.5. The Morgan fingerprint density at radius 1 is 0.290 bits per heavy atom. The van der Waals surface area contributed by atoms with E-state index in [9.17, 15) is 0 Å². The molecule has 0 aliphatic rings. The molecular formula is C57H36N4O. The molecule has 0 atom stereocenters. The van der Waals surface area contributed by atoms with Crippen molar-refractivity contribution < 1.29 is 4.42 Å². The average Bonchev–Trinajstić information content (AvgIpc) is 3.89. The van der Waals surface area contributed by atoms with Gasteiger partial charge in [0.25, 0.3) is 0 Å². The molecule has 0 aliphatic heterocycles. The van der Waals surface area contributed by atoms with Crippen LogP contribution < -0.4 is 0 Å². The highest BCUT2D eigenvalue weighted by Gasteiger charge is 2.19. The number of hydrogen-bond acceptors (Lipinski definition) is 4. The first-order chi connectivity index (χ1) is 30.7. The molecule has 0 unspecified atom stereocenters. The van der Waals surface area contributed by atoms with Gasteiger partial charge in [-0.25, -0.2) is 15.0 Å². The molecule has 62 heavy (non-hydrogen) atoms. The topological polar surface area (TPSA) is 56.7 Å². The largest absolute Gasteiger partial charge is 0.456 e. The lowest BCUT2D eigenvalue weighted by molar-refractivity contribution is 0.669. The van der Waals surface area contributed by atoms with Gasteiger partial charge in [-0.05, 0) is 81.9 Å². The number of furan rings is 1. The van der Waals surface area contributed by atoms with Crippen molar-refractivity contribution in [2.24, 2.45) is 0 Å². The number of fused-ring (bicyclic) bond motifs is 6. The first-order valence-corrected chi connectivity index (χ1v) is 20.8. The molecule has 290 valence electrons. The maximum atomic E-state index is 6.57. The van der Waals surface area contributed by atoms with Crippen LogP contribution in [-0.4, -0.2) is 19.5 Å². The van der Waals surface area contributed by atoms with E-state index in [1.165, 1.54) is 16.5 Å². The van der Waals surface area contributed by atoms with Gasteiger partial charge in [0.05, 0.1) is 11.0 Å². The lowest BCUT2D eigenvalue weighted by Crippen LogP contribution is -2.01. The summed E-state index contributed by atoms with van der Waals surface area (Å²) < 4.78 is 8.92. The van der Waals surface area contributed by atoms with E-state index >= 15 is 0 Å². The molecule has 0 amide bonds. The van der Waals surface area contributed by atoms with E-state index in [0.29, 0.717) is 17.5 Å². The quantitative estimate of drug-likeness (QED) is 0.161. The second-order valence-electron chi connectivity index (χ2n) is 15.6. The third-order valence-electron chi connectivity index (χ3n) is 11.9. The van der Waals surface area contributed by atoms with Crippen molar-refractivity contribution in [1.29, 1.82) is 0 Å². The summed E-state index contributed by atoms with van der Waals surface area (Å²) in [4.78, 5) is 15.8. The van der Waals surface area contributed by atoms with Crippen molar-refractivity contribution in [3.63, 3.8) is 0 Å². The minimum Gasteiger partial charge on any atom is -0.456 e. The zero-order chi connectivity index (χ0) is 41.0. The number of aromatic nitrogens is 4. The molecule has 9 aromatic carbocycles. The second-order valence-corrected chi connectivity index (χ2v) is 15.6. The molecule has 0 aliphatic carbocycles. The third kappa shape index (κ3) is 6.14. The highest BCUT2D eigenvalue weighted by atomic mass is 16.3. The van der Waals surface area contributed by atoms with Crippen LogP contribution >= 0.6 is 0 Å². The van der Waals surface area contributed by atoms with Gasteiger partial charge in [-0.1, -0.05) is 170 Å². The Hall–Kier alpha value is -8.41. The summed E-state index contributed by atoms with van der Waals surface area (Å²) in [6.45, 7) is 0. The molecule has 0 bridgehead atoms. The lowest BCUT2D eigenvalue weighted by atomic mass is 9.99. The van der Waals surface area contributed by atoms with Crippen LogP contribution in [0.4, 0.5) is 0 Å². The second kappa shape index (κ2) is 14.7. The van der Waals surface area contributed by atoms with Gasteiger partial charge in [0.15, 0.2) is 17.5 Å². The van der Waals surface area contributed by atoms with E-state index in [2.05, 4.69) is 205 Å². The molecule has 5 nitrogen and oxygen atoms in total. The smallest absolute Gasteiger partial charge is 0.164 e. The Bertz CT molecular complexity index is 3610. The molecule has 0 fully saturated rings. The number of para-hydroxylation sites is 1. The van der Waals surface area contributed by atoms with Crippen molar-refractivity contribution in [1.82, 2.24) is 19.5 Å². The summed E-state index contributed by atoms with van der Waals surface area (Å²) in [6, 6.07) is 76.3. The number of benzene rings is 9. The Morgan fingerprint density at radius 2 is 0.742 bits per heavy atom. The average molecular weight is 793 g/mol. The Kier molecular flexibility index (Phi) is 8.42. The molecular weight excluding hydrogens is 757 g/mol. The highest BCUT2D eigenvalue weighted by Crippen LogP contribution is 2.38. The van der Waals surface area contributed by atoms with E-state index in [4.69, 9.17) is 19.4 Å². The molecule has 0 spiro atoms. The van der Waals surface area contributed by atoms with Crippen molar-refractivity contribution in [2.75, 3.05) is 0 Å². The van der Waals surface area contributed by atoms with Crippen molar-refractivity contribution in [3.05, 3.63) is 218 Å². The van der Waals surface area contributed by atoms with Crippen LogP contribution in [0.25, 0.3) is 117 Å². The first kappa shape index (κ1) is 35.5. The SMILES string of the molecule is c1ccc(-c2ccc(-n3c4ccccc4c4ccc(-c5nc(-c6ccc7c(c6)oc6cc(-c8ccccc8)ccc67)nc(-c6ccccc6-c6ccccc6)n5)cc43)cc2)cc1. The predicted octanol–water partition coefficient (Wildman–Crippen LogP) is 14.9. The van der Waals surface area contributed by atoms with Crippen LogP contribution in [0.2, 0.25) is 0 Å². The zero-order valence-electron chi connectivity index (χ0n) is 33.5. The summed E-state index contributed by atoms with van der Waals surface area (Å²) in [6.07, 6.45) is 0. The highest BCUT2D eigenvalue weighted by molar-refractivity contribution is 6.10. The van der Waals surface area contributed by atoms with Gasteiger partial charge < -0.3 is 8.98 Å². The fraction of sp³-hybridized carbons (Fsp3) is 0. The molecule has 5 heteroatoms. The minimum absolute atomic E-state index is 0.567. The zero-order valence-corrected chi connectivity index (χ0v) is 33.5. The van der Waals surface area contributed by atoms with Crippen molar-refractivity contribution in [2.45, 2.75) is 0 Å². The molecule has 3 heterocycles. The van der Waals surface area contributed by atoms with Crippen molar-refractivity contribution >= 4 is 43.7 Å². The summed E-state index contributed by atoms with van der Waals surface area (Å²) in [5.41, 5.74) is 14.3. The molecule has 0 radical (unpaired) electrons. The maximum absolute atomic E-state index is 6.57. The van der Waals surface area contributed by atoms with E-state index in [-0.39, 0.29) is 0 Å². The van der Waals surface area contributed by atoms with E-state index < -0.39 is 0 Å². The van der Waals surface area contributed by atoms with Crippen LogP contribution in [0.5, 0.6) is 0 Å². The van der Waals surface area contributed by atoms with Gasteiger partial charge >= 0.3 is 0 Å². The predicted molar refractivity (Wildman–Crippen MR) is 254 cm³/mol. The van der Waals surface area contributed by atoms with Gasteiger partial charge in [0.1, 0.15) is 11.2 Å². The molecule has 12 aromatic rings. The van der Waals surface area contributed by atoms with Crippen molar-refractivity contribution in [3.8, 4) is 73.2 Å². The molecule has 12 rings (SSSR count).